The first-order chi connectivity index (χ1) is 13.5. The van der Waals surface area contributed by atoms with Crippen molar-refractivity contribution < 1.29 is 4.74 Å². The molecule has 0 unspecified atom stereocenters. The first-order valence-electron chi connectivity index (χ1n) is 9.73. The Kier molecular flexibility index (Phi) is 6.48. The number of hydrogen-bond donors (Lipinski definition) is 1. The van der Waals surface area contributed by atoms with Gasteiger partial charge in [-0.2, -0.15) is 0 Å². The maximum atomic E-state index is 6.09. The fourth-order valence-electron chi connectivity index (χ4n) is 3.33. The molecular weight excluding hydrogens is 362 g/mol. The first kappa shape index (κ1) is 20.1. The molecule has 3 heteroatoms. The third-order valence-electron chi connectivity index (χ3n) is 4.77. The Morgan fingerprint density at radius 3 is 1.93 bits per heavy atom. The van der Waals surface area contributed by atoms with E-state index in [1.165, 1.54) is 11.1 Å². The van der Waals surface area contributed by atoms with Crippen molar-refractivity contribution in [3.05, 3.63) is 83.9 Å². The number of benzene rings is 3. The average Bonchev–Trinajstić information content (AvgIpc) is 2.68. The van der Waals surface area contributed by atoms with Gasteiger partial charge in [-0.1, -0.05) is 94.4 Å². The van der Waals surface area contributed by atoms with Crippen LogP contribution in [0.3, 0.4) is 0 Å². The molecular formula is C25H27NOS. The lowest BCUT2D eigenvalue weighted by atomic mass is 9.93. The summed E-state index contributed by atoms with van der Waals surface area (Å²) in [7, 11) is 0. The normalized spacial score (nSPS) is 10.9. The van der Waals surface area contributed by atoms with Crippen LogP contribution >= 0.6 is 12.2 Å². The molecule has 0 aliphatic carbocycles. The molecule has 144 valence electrons. The Labute approximate surface area is 173 Å². The van der Waals surface area contributed by atoms with Gasteiger partial charge in [0.05, 0.1) is 0 Å². The monoisotopic (exact) mass is 389 g/mol. The van der Waals surface area contributed by atoms with Gasteiger partial charge in [0.1, 0.15) is 5.75 Å². The van der Waals surface area contributed by atoms with Gasteiger partial charge in [-0.05, 0) is 46.8 Å². The highest BCUT2D eigenvalue weighted by Gasteiger charge is 2.16. The molecule has 1 N–H and O–H groups in total. The van der Waals surface area contributed by atoms with E-state index in [0.717, 1.165) is 22.6 Å². The van der Waals surface area contributed by atoms with E-state index in [1.807, 2.05) is 36.4 Å². The van der Waals surface area contributed by atoms with Crippen LogP contribution in [-0.4, -0.2) is 5.17 Å². The van der Waals surface area contributed by atoms with Crippen molar-refractivity contribution in [3.8, 4) is 16.9 Å². The van der Waals surface area contributed by atoms with E-state index in [1.54, 1.807) is 0 Å². The summed E-state index contributed by atoms with van der Waals surface area (Å²) in [5.74, 6) is 1.53. The largest absolute Gasteiger partial charge is 0.431 e. The van der Waals surface area contributed by atoms with E-state index < -0.39 is 0 Å². The van der Waals surface area contributed by atoms with Crippen molar-refractivity contribution in [2.75, 3.05) is 5.32 Å². The molecule has 0 aliphatic heterocycles. The molecule has 0 atom stereocenters. The summed E-state index contributed by atoms with van der Waals surface area (Å²) in [4.78, 5) is 0. The summed E-state index contributed by atoms with van der Waals surface area (Å²) in [5, 5.41) is 3.74. The lowest BCUT2D eigenvalue weighted by molar-refractivity contribution is 0.565. The molecule has 3 aromatic rings. The topological polar surface area (TPSA) is 21.3 Å². The van der Waals surface area contributed by atoms with Crippen LogP contribution in [0.25, 0.3) is 11.1 Å². The van der Waals surface area contributed by atoms with E-state index in [0.29, 0.717) is 17.0 Å². The fraction of sp³-hybridized carbons (Fsp3) is 0.240. The lowest BCUT2D eigenvalue weighted by Crippen LogP contribution is -2.19. The highest BCUT2D eigenvalue weighted by Crippen LogP contribution is 2.34. The van der Waals surface area contributed by atoms with Gasteiger partial charge in [0.2, 0.25) is 0 Å². The zero-order chi connectivity index (χ0) is 20.1. The summed E-state index contributed by atoms with van der Waals surface area (Å²) < 4.78 is 6.09. The smallest absolute Gasteiger partial charge is 0.266 e. The fourth-order valence-corrected chi connectivity index (χ4v) is 3.53. The lowest BCUT2D eigenvalue weighted by Gasteiger charge is -2.21. The van der Waals surface area contributed by atoms with E-state index in [-0.39, 0.29) is 0 Å². The molecule has 0 amide bonds. The van der Waals surface area contributed by atoms with Gasteiger partial charge in [0, 0.05) is 11.3 Å². The molecule has 0 saturated carbocycles. The number of rotatable bonds is 5. The van der Waals surface area contributed by atoms with Crippen LogP contribution in [-0.2, 0) is 0 Å². The Morgan fingerprint density at radius 2 is 1.32 bits per heavy atom. The predicted molar refractivity (Wildman–Crippen MR) is 123 cm³/mol. The molecule has 0 bridgehead atoms. The van der Waals surface area contributed by atoms with Gasteiger partial charge in [0.25, 0.3) is 5.17 Å². The number of ether oxygens (including phenoxy) is 1. The van der Waals surface area contributed by atoms with Crippen molar-refractivity contribution >= 4 is 23.1 Å². The minimum absolute atomic E-state index is 0.360. The highest BCUT2D eigenvalue weighted by molar-refractivity contribution is 7.80. The van der Waals surface area contributed by atoms with Crippen LogP contribution in [0.2, 0.25) is 0 Å². The summed E-state index contributed by atoms with van der Waals surface area (Å²) >= 11 is 5.59. The molecule has 0 aromatic heterocycles. The van der Waals surface area contributed by atoms with Gasteiger partial charge >= 0.3 is 0 Å². The van der Waals surface area contributed by atoms with E-state index >= 15 is 0 Å². The maximum absolute atomic E-state index is 6.09. The van der Waals surface area contributed by atoms with Gasteiger partial charge in [-0.3, -0.25) is 0 Å². The predicted octanol–water partition coefficient (Wildman–Crippen LogP) is 7.38. The third kappa shape index (κ3) is 4.60. The minimum atomic E-state index is 0.360. The number of nitrogens with one attached hydrogen (secondary N) is 1. The Bertz CT molecular complexity index is 922. The zero-order valence-corrected chi connectivity index (χ0v) is 17.7. The molecule has 0 radical (unpaired) electrons. The molecule has 0 fully saturated rings. The van der Waals surface area contributed by atoms with Crippen molar-refractivity contribution in [2.24, 2.45) is 0 Å². The van der Waals surface area contributed by atoms with Gasteiger partial charge in [-0.15, -0.1) is 0 Å². The second kappa shape index (κ2) is 9.03. The summed E-state index contributed by atoms with van der Waals surface area (Å²) in [6.07, 6.45) is 0. The van der Waals surface area contributed by atoms with Gasteiger partial charge < -0.3 is 10.1 Å². The minimum Gasteiger partial charge on any atom is -0.431 e. The van der Waals surface area contributed by atoms with Crippen LogP contribution in [0.15, 0.2) is 72.8 Å². The Morgan fingerprint density at radius 1 is 0.750 bits per heavy atom. The van der Waals surface area contributed by atoms with Gasteiger partial charge in [-0.25, -0.2) is 0 Å². The third-order valence-corrected chi connectivity index (χ3v) is 4.96. The molecule has 3 aromatic carbocycles. The molecule has 0 heterocycles. The maximum Gasteiger partial charge on any atom is 0.266 e. The Hall–Kier alpha value is -2.65. The average molecular weight is 390 g/mol. The molecule has 0 aliphatic rings. The van der Waals surface area contributed by atoms with Crippen LogP contribution in [0.4, 0.5) is 5.69 Å². The SMILES string of the molecule is CC(C)c1cccc(C(C)C)c1NC(=S)Oc1ccccc1-c1ccccc1. The van der Waals surface area contributed by atoms with E-state index in [4.69, 9.17) is 17.0 Å². The molecule has 0 spiro atoms. The number of anilines is 1. The van der Waals surface area contributed by atoms with Crippen LogP contribution in [0.5, 0.6) is 5.75 Å². The number of hydrogen-bond acceptors (Lipinski definition) is 2. The van der Waals surface area contributed by atoms with E-state index in [9.17, 15) is 0 Å². The van der Waals surface area contributed by atoms with Crippen molar-refractivity contribution in [2.45, 2.75) is 39.5 Å². The van der Waals surface area contributed by atoms with Crippen molar-refractivity contribution in [3.63, 3.8) is 0 Å². The van der Waals surface area contributed by atoms with Crippen molar-refractivity contribution in [1.82, 2.24) is 0 Å². The molecule has 3 rings (SSSR count). The highest BCUT2D eigenvalue weighted by atomic mass is 32.1. The standard InChI is InChI=1S/C25H27NOS/c1-17(2)20-14-10-15-21(18(3)4)24(20)26-25(28)27-23-16-9-8-13-22(23)19-11-6-5-7-12-19/h5-18H,1-4H3,(H,26,28). The van der Waals surface area contributed by atoms with Crippen molar-refractivity contribution in [1.29, 1.82) is 0 Å². The van der Waals surface area contributed by atoms with Crippen LogP contribution in [0.1, 0.15) is 50.7 Å². The summed E-state index contributed by atoms with van der Waals surface area (Å²) in [6.45, 7) is 8.77. The second-order valence-corrected chi connectivity index (χ2v) is 7.87. The van der Waals surface area contributed by atoms with E-state index in [2.05, 4.69) is 69.4 Å². The molecule has 0 saturated heterocycles. The summed E-state index contributed by atoms with van der Waals surface area (Å²) in [5.41, 5.74) is 5.68. The van der Waals surface area contributed by atoms with Gasteiger partial charge in [0.15, 0.2) is 0 Å². The van der Waals surface area contributed by atoms with Crippen LogP contribution in [0, 0.1) is 0 Å². The van der Waals surface area contributed by atoms with Crippen LogP contribution < -0.4 is 10.1 Å². The Balaban J connectivity index is 1.89. The zero-order valence-electron chi connectivity index (χ0n) is 16.9. The molecule has 28 heavy (non-hydrogen) atoms. The molecule has 2 nitrogen and oxygen atoms in total. The summed E-state index contributed by atoms with van der Waals surface area (Å²) in [6, 6.07) is 24.6. The quantitative estimate of drug-likeness (QED) is 0.460. The number of para-hydroxylation sites is 2. The number of thiocarbonyl (C=S) groups is 1. The second-order valence-electron chi connectivity index (χ2n) is 7.50. The first-order valence-corrected chi connectivity index (χ1v) is 10.1.